The maximum Gasteiger partial charge on any atom is 0.267 e. The molecule has 2 aromatic carbocycles. The van der Waals surface area contributed by atoms with Crippen molar-refractivity contribution < 1.29 is 14.4 Å². The fourth-order valence-electron chi connectivity index (χ4n) is 2.40. The Kier molecular flexibility index (Phi) is 5.92. The average molecular weight is 349 g/mol. The highest BCUT2D eigenvalue weighted by Crippen LogP contribution is 2.21. The van der Waals surface area contributed by atoms with E-state index < -0.39 is 5.91 Å². The first-order chi connectivity index (χ1) is 12.7. The second kappa shape index (κ2) is 8.75. The molecule has 0 fully saturated rings. The number of carbonyl (C=O) groups excluding carboxylic acids is 1. The minimum absolute atomic E-state index is 0.548. The van der Waals surface area contributed by atoms with Gasteiger partial charge in [-0.2, -0.15) is 0 Å². The van der Waals surface area contributed by atoms with E-state index in [1.54, 1.807) is 17.8 Å². The van der Waals surface area contributed by atoms with Crippen LogP contribution in [-0.4, -0.2) is 16.1 Å². The topological polar surface area (TPSA) is 87.4 Å². The Morgan fingerprint density at radius 2 is 1.85 bits per heavy atom. The van der Waals surface area contributed by atoms with Gasteiger partial charge in [0.15, 0.2) is 5.76 Å². The molecular weight excluding hydrogens is 330 g/mol. The molecule has 1 heterocycles. The SMILES string of the molecule is O=C(/C=C/c1ccc(-c2cnc(CNCc3ccccc3)o2)cc1)NO. The van der Waals surface area contributed by atoms with Gasteiger partial charge in [-0.3, -0.25) is 10.0 Å². The van der Waals surface area contributed by atoms with E-state index >= 15 is 0 Å². The highest BCUT2D eigenvalue weighted by atomic mass is 16.5. The molecule has 1 amide bonds. The van der Waals surface area contributed by atoms with Gasteiger partial charge in [0.1, 0.15) is 0 Å². The molecule has 6 nitrogen and oxygen atoms in total. The van der Waals surface area contributed by atoms with Gasteiger partial charge in [-0.25, -0.2) is 10.5 Å². The van der Waals surface area contributed by atoms with Crippen LogP contribution >= 0.6 is 0 Å². The first-order valence-electron chi connectivity index (χ1n) is 8.16. The summed E-state index contributed by atoms with van der Waals surface area (Å²) in [4.78, 5) is 15.3. The predicted molar refractivity (Wildman–Crippen MR) is 97.9 cm³/mol. The zero-order valence-corrected chi connectivity index (χ0v) is 14.1. The smallest absolute Gasteiger partial charge is 0.267 e. The molecule has 0 bridgehead atoms. The quantitative estimate of drug-likeness (QED) is 0.346. The van der Waals surface area contributed by atoms with Crippen molar-refractivity contribution in [1.82, 2.24) is 15.8 Å². The van der Waals surface area contributed by atoms with Gasteiger partial charge in [0.25, 0.3) is 5.91 Å². The number of carbonyl (C=O) groups is 1. The second-order valence-electron chi connectivity index (χ2n) is 5.64. The van der Waals surface area contributed by atoms with Crippen LogP contribution in [0.5, 0.6) is 0 Å². The number of nitrogens with one attached hydrogen (secondary N) is 2. The summed E-state index contributed by atoms with van der Waals surface area (Å²) in [6, 6.07) is 17.6. The number of oxazole rings is 1. The van der Waals surface area contributed by atoms with E-state index in [-0.39, 0.29) is 0 Å². The Balaban J connectivity index is 1.57. The maximum absolute atomic E-state index is 11.0. The zero-order valence-electron chi connectivity index (χ0n) is 14.1. The largest absolute Gasteiger partial charge is 0.439 e. The third kappa shape index (κ3) is 4.89. The average Bonchev–Trinajstić information content (AvgIpc) is 3.16. The van der Waals surface area contributed by atoms with Gasteiger partial charge in [-0.1, -0.05) is 54.6 Å². The number of hydrogen-bond donors (Lipinski definition) is 3. The summed E-state index contributed by atoms with van der Waals surface area (Å²) in [6.07, 6.45) is 4.55. The lowest BCUT2D eigenvalue weighted by molar-refractivity contribution is -0.124. The van der Waals surface area contributed by atoms with Gasteiger partial charge >= 0.3 is 0 Å². The van der Waals surface area contributed by atoms with E-state index in [2.05, 4.69) is 22.4 Å². The number of hydroxylamine groups is 1. The zero-order chi connectivity index (χ0) is 18.2. The number of rotatable bonds is 7. The van der Waals surface area contributed by atoms with Crippen molar-refractivity contribution in [3.05, 3.63) is 83.9 Å². The summed E-state index contributed by atoms with van der Waals surface area (Å²) >= 11 is 0. The molecule has 0 atom stereocenters. The van der Waals surface area contributed by atoms with Crippen molar-refractivity contribution in [3.8, 4) is 11.3 Å². The first-order valence-corrected chi connectivity index (χ1v) is 8.16. The van der Waals surface area contributed by atoms with Crippen LogP contribution in [0.4, 0.5) is 0 Å². The molecule has 0 saturated carbocycles. The van der Waals surface area contributed by atoms with Crippen molar-refractivity contribution in [2.45, 2.75) is 13.1 Å². The molecule has 0 unspecified atom stereocenters. The van der Waals surface area contributed by atoms with Crippen LogP contribution in [0.15, 0.2) is 71.3 Å². The number of aromatic nitrogens is 1. The molecule has 26 heavy (non-hydrogen) atoms. The highest BCUT2D eigenvalue weighted by molar-refractivity contribution is 5.90. The second-order valence-corrected chi connectivity index (χ2v) is 5.64. The van der Waals surface area contributed by atoms with E-state index in [9.17, 15) is 4.79 Å². The summed E-state index contributed by atoms with van der Waals surface area (Å²) in [5.41, 5.74) is 4.49. The summed E-state index contributed by atoms with van der Waals surface area (Å²) in [7, 11) is 0. The van der Waals surface area contributed by atoms with E-state index in [1.807, 2.05) is 42.5 Å². The van der Waals surface area contributed by atoms with Crippen molar-refractivity contribution >= 4 is 12.0 Å². The van der Waals surface area contributed by atoms with E-state index in [0.717, 1.165) is 17.7 Å². The van der Waals surface area contributed by atoms with Crippen LogP contribution in [0.25, 0.3) is 17.4 Å². The number of hydrogen-bond acceptors (Lipinski definition) is 5. The molecule has 0 radical (unpaired) electrons. The monoisotopic (exact) mass is 349 g/mol. The van der Waals surface area contributed by atoms with Gasteiger partial charge in [0.05, 0.1) is 12.7 Å². The Labute approximate surface area is 151 Å². The van der Waals surface area contributed by atoms with Crippen molar-refractivity contribution in [2.75, 3.05) is 0 Å². The summed E-state index contributed by atoms with van der Waals surface area (Å²) in [6.45, 7) is 1.30. The standard InChI is InChI=1S/C20H19N3O3/c24-19(23-25)11-8-15-6-9-17(10-7-15)18-13-22-20(26-18)14-21-12-16-4-2-1-3-5-16/h1-11,13,21,25H,12,14H2,(H,23,24)/b11-8+. The lowest BCUT2D eigenvalue weighted by Crippen LogP contribution is -2.14. The first kappa shape index (κ1) is 17.6. The van der Waals surface area contributed by atoms with Crippen LogP contribution < -0.4 is 10.8 Å². The summed E-state index contributed by atoms with van der Waals surface area (Å²) < 4.78 is 5.77. The molecular formula is C20H19N3O3. The molecule has 3 aromatic rings. The predicted octanol–water partition coefficient (Wildman–Crippen LogP) is 3.15. The van der Waals surface area contributed by atoms with E-state index in [4.69, 9.17) is 9.62 Å². The van der Waals surface area contributed by atoms with Gasteiger partial charge < -0.3 is 9.73 Å². The van der Waals surface area contributed by atoms with Gasteiger partial charge in [-0.15, -0.1) is 0 Å². The Hall–Kier alpha value is -3.22. The molecule has 132 valence electrons. The Bertz CT molecular complexity index is 871. The van der Waals surface area contributed by atoms with Crippen LogP contribution in [0, 0.1) is 0 Å². The lowest BCUT2D eigenvalue weighted by atomic mass is 10.1. The minimum atomic E-state index is -0.572. The molecule has 3 N–H and O–H groups in total. The van der Waals surface area contributed by atoms with Crippen molar-refractivity contribution in [3.63, 3.8) is 0 Å². The lowest BCUT2D eigenvalue weighted by Gasteiger charge is -2.02. The van der Waals surface area contributed by atoms with Crippen molar-refractivity contribution in [1.29, 1.82) is 0 Å². The van der Waals surface area contributed by atoms with Crippen molar-refractivity contribution in [2.24, 2.45) is 0 Å². The van der Waals surface area contributed by atoms with Gasteiger partial charge in [0, 0.05) is 18.2 Å². The number of benzene rings is 2. The normalized spacial score (nSPS) is 11.0. The van der Waals surface area contributed by atoms with Gasteiger partial charge in [0.2, 0.25) is 5.89 Å². The molecule has 6 heteroatoms. The van der Waals surface area contributed by atoms with E-state index in [0.29, 0.717) is 18.2 Å². The molecule has 0 aliphatic heterocycles. The third-order valence-electron chi connectivity index (χ3n) is 3.73. The molecule has 0 aliphatic carbocycles. The Morgan fingerprint density at radius 1 is 1.08 bits per heavy atom. The molecule has 3 rings (SSSR count). The molecule has 0 saturated heterocycles. The number of nitrogens with zero attached hydrogens (tertiary/aromatic N) is 1. The minimum Gasteiger partial charge on any atom is -0.439 e. The molecule has 0 spiro atoms. The van der Waals surface area contributed by atoms with Crippen LogP contribution in [0.2, 0.25) is 0 Å². The van der Waals surface area contributed by atoms with E-state index in [1.165, 1.54) is 11.6 Å². The van der Waals surface area contributed by atoms with Gasteiger partial charge in [-0.05, 0) is 17.2 Å². The highest BCUT2D eigenvalue weighted by Gasteiger charge is 2.06. The van der Waals surface area contributed by atoms with Crippen LogP contribution in [0.1, 0.15) is 17.0 Å². The molecule has 1 aromatic heterocycles. The Morgan fingerprint density at radius 3 is 2.58 bits per heavy atom. The third-order valence-corrected chi connectivity index (χ3v) is 3.73. The molecule has 0 aliphatic rings. The summed E-state index contributed by atoms with van der Waals surface area (Å²) in [5, 5.41) is 11.8. The fraction of sp³-hybridized carbons (Fsp3) is 0.100. The summed E-state index contributed by atoms with van der Waals surface area (Å²) in [5.74, 6) is 0.738. The number of amides is 1. The maximum atomic E-state index is 11.0. The van der Waals surface area contributed by atoms with Crippen LogP contribution in [-0.2, 0) is 17.9 Å². The van der Waals surface area contributed by atoms with Crippen LogP contribution in [0.3, 0.4) is 0 Å². The fourth-order valence-corrected chi connectivity index (χ4v) is 2.40.